The molecule has 1 N–H and O–H groups in total. The van der Waals surface area contributed by atoms with Crippen LogP contribution in [0.2, 0.25) is 0 Å². The Morgan fingerprint density at radius 1 is 1.14 bits per heavy atom. The lowest BCUT2D eigenvalue weighted by Crippen LogP contribution is -2.41. The molecule has 1 saturated carbocycles. The average molecular weight is 411 g/mol. The Kier molecular flexibility index (Phi) is 7.60. The van der Waals surface area contributed by atoms with E-state index in [1.54, 1.807) is 25.8 Å². The second-order valence-corrected chi connectivity index (χ2v) is 9.51. The highest BCUT2D eigenvalue weighted by molar-refractivity contribution is 7.89. The number of ether oxygens (including phenoxy) is 1. The molecule has 0 heterocycles. The molecule has 0 bridgehead atoms. The Bertz CT molecular complexity index is 781. The van der Waals surface area contributed by atoms with Crippen molar-refractivity contribution in [2.45, 2.75) is 63.4 Å². The van der Waals surface area contributed by atoms with Gasteiger partial charge in [-0.25, -0.2) is 17.9 Å². The molecular formula is C20H30N2O5S. The van der Waals surface area contributed by atoms with E-state index in [2.05, 4.69) is 11.6 Å². The van der Waals surface area contributed by atoms with Crippen LogP contribution in [0.15, 0.2) is 29.2 Å². The van der Waals surface area contributed by atoms with E-state index in [-0.39, 0.29) is 35.1 Å². The van der Waals surface area contributed by atoms with E-state index < -0.39 is 16.0 Å². The summed E-state index contributed by atoms with van der Waals surface area (Å²) in [5.74, 6) is -0.187. The van der Waals surface area contributed by atoms with Crippen LogP contribution in [0.3, 0.4) is 0 Å². The maximum Gasteiger partial charge on any atom is 0.338 e. The van der Waals surface area contributed by atoms with Crippen LogP contribution in [0, 0.1) is 5.92 Å². The molecule has 0 spiro atoms. The maximum absolute atomic E-state index is 12.3. The molecule has 2 rings (SSSR count). The number of hydrogen-bond donors (Lipinski definition) is 1. The van der Waals surface area contributed by atoms with Crippen molar-refractivity contribution in [1.29, 1.82) is 0 Å². The van der Waals surface area contributed by atoms with Crippen molar-refractivity contribution in [1.82, 2.24) is 9.62 Å². The van der Waals surface area contributed by atoms with Gasteiger partial charge in [0, 0.05) is 19.1 Å². The summed E-state index contributed by atoms with van der Waals surface area (Å²) in [5.41, 5.74) is 0.199. The van der Waals surface area contributed by atoms with Crippen molar-refractivity contribution in [3.63, 3.8) is 0 Å². The molecule has 1 fully saturated rings. The lowest BCUT2D eigenvalue weighted by atomic mass is 9.87. The normalized spacial score (nSPS) is 20.0. The van der Waals surface area contributed by atoms with Gasteiger partial charge in [0.05, 0.1) is 10.5 Å². The second-order valence-electron chi connectivity index (χ2n) is 7.79. The van der Waals surface area contributed by atoms with Crippen molar-refractivity contribution < 1.29 is 22.7 Å². The van der Waals surface area contributed by atoms with Gasteiger partial charge in [0.25, 0.3) is 5.91 Å². The van der Waals surface area contributed by atoms with Crippen LogP contribution in [-0.2, 0) is 19.6 Å². The zero-order valence-electron chi connectivity index (χ0n) is 17.0. The summed E-state index contributed by atoms with van der Waals surface area (Å²) in [7, 11) is -1.87. The number of hydrogen-bond acceptors (Lipinski definition) is 5. The molecule has 1 amide bonds. The lowest BCUT2D eigenvalue weighted by molar-refractivity contribution is -0.136. The smallest absolute Gasteiger partial charge is 0.338 e. The molecule has 0 unspecified atom stereocenters. The molecule has 0 saturated heterocycles. The van der Waals surface area contributed by atoms with Crippen LogP contribution in [0.1, 0.15) is 56.8 Å². The molecular weight excluding hydrogens is 380 g/mol. The lowest BCUT2D eigenvalue weighted by Gasteiger charge is -2.33. The van der Waals surface area contributed by atoms with Gasteiger partial charge in [-0.1, -0.05) is 6.92 Å². The fourth-order valence-corrected chi connectivity index (χ4v) is 4.55. The number of carbonyl (C=O) groups excluding carboxylic acids is 2. The molecule has 1 aromatic rings. The number of likely N-dealkylation sites (N-methyl/N-ethyl adjacent to an activating group) is 1. The number of nitrogens with zero attached hydrogens (tertiary/aromatic N) is 1. The monoisotopic (exact) mass is 410 g/mol. The quantitative estimate of drug-likeness (QED) is 0.698. The van der Waals surface area contributed by atoms with E-state index in [0.29, 0.717) is 5.92 Å². The summed E-state index contributed by atoms with van der Waals surface area (Å²) in [6.07, 6.45) is 4.14. The Morgan fingerprint density at radius 3 is 2.25 bits per heavy atom. The number of sulfonamides is 1. The average Bonchev–Trinajstić information content (AvgIpc) is 2.65. The third kappa shape index (κ3) is 6.04. The molecule has 1 aliphatic rings. The van der Waals surface area contributed by atoms with Gasteiger partial charge < -0.3 is 9.64 Å². The third-order valence-electron chi connectivity index (χ3n) is 5.04. The fraction of sp³-hybridized carbons (Fsp3) is 0.600. The van der Waals surface area contributed by atoms with E-state index in [0.717, 1.165) is 25.7 Å². The van der Waals surface area contributed by atoms with E-state index in [4.69, 9.17) is 4.74 Å². The van der Waals surface area contributed by atoms with Gasteiger partial charge in [-0.15, -0.1) is 0 Å². The first-order valence-corrected chi connectivity index (χ1v) is 11.1. The highest BCUT2D eigenvalue weighted by Crippen LogP contribution is 2.26. The van der Waals surface area contributed by atoms with E-state index >= 15 is 0 Å². The Morgan fingerprint density at radius 2 is 1.71 bits per heavy atom. The molecule has 0 aliphatic heterocycles. The molecule has 156 valence electrons. The largest absolute Gasteiger partial charge is 0.452 e. The summed E-state index contributed by atoms with van der Waals surface area (Å²) in [5, 5.41) is 0. The number of rotatable bonds is 7. The van der Waals surface area contributed by atoms with Crippen LogP contribution in [-0.4, -0.2) is 50.9 Å². The second kappa shape index (κ2) is 9.52. The molecule has 8 heteroatoms. The molecule has 1 aromatic carbocycles. The highest BCUT2D eigenvalue weighted by atomic mass is 32.2. The first kappa shape index (κ1) is 22.4. The summed E-state index contributed by atoms with van der Waals surface area (Å²) < 4.78 is 31.8. The van der Waals surface area contributed by atoms with Gasteiger partial charge in [-0.05, 0) is 69.7 Å². The topological polar surface area (TPSA) is 92.8 Å². The zero-order valence-corrected chi connectivity index (χ0v) is 17.8. The van der Waals surface area contributed by atoms with Crippen LogP contribution in [0.25, 0.3) is 0 Å². The maximum atomic E-state index is 12.3. The third-order valence-corrected chi connectivity index (χ3v) is 6.72. The molecule has 0 atom stereocenters. The van der Waals surface area contributed by atoms with Crippen LogP contribution >= 0.6 is 0 Å². The molecule has 0 radical (unpaired) electrons. The minimum atomic E-state index is -3.62. The summed E-state index contributed by atoms with van der Waals surface area (Å²) in [6, 6.07) is 5.42. The van der Waals surface area contributed by atoms with E-state index in [1.807, 2.05) is 0 Å². The van der Waals surface area contributed by atoms with Crippen molar-refractivity contribution in [3.05, 3.63) is 29.8 Å². The summed E-state index contributed by atoms with van der Waals surface area (Å²) in [6.45, 7) is 5.35. The summed E-state index contributed by atoms with van der Waals surface area (Å²) >= 11 is 0. The minimum Gasteiger partial charge on any atom is -0.452 e. The van der Waals surface area contributed by atoms with Gasteiger partial charge >= 0.3 is 5.97 Å². The van der Waals surface area contributed by atoms with Crippen molar-refractivity contribution in [2.24, 2.45) is 5.92 Å². The van der Waals surface area contributed by atoms with Crippen LogP contribution in [0.4, 0.5) is 0 Å². The Labute approximate surface area is 167 Å². The molecule has 28 heavy (non-hydrogen) atoms. The van der Waals surface area contributed by atoms with Crippen molar-refractivity contribution >= 4 is 21.9 Å². The Balaban J connectivity index is 1.90. The number of esters is 1. The predicted molar refractivity (Wildman–Crippen MR) is 106 cm³/mol. The van der Waals surface area contributed by atoms with Crippen molar-refractivity contribution in [2.75, 3.05) is 13.7 Å². The minimum absolute atomic E-state index is 0.0695. The van der Waals surface area contributed by atoms with E-state index in [9.17, 15) is 18.0 Å². The number of carbonyl (C=O) groups is 2. The van der Waals surface area contributed by atoms with Gasteiger partial charge in [-0.2, -0.15) is 0 Å². The zero-order chi connectivity index (χ0) is 20.9. The van der Waals surface area contributed by atoms with Gasteiger partial charge in [0.1, 0.15) is 0 Å². The first-order chi connectivity index (χ1) is 13.1. The first-order valence-electron chi connectivity index (χ1n) is 9.65. The van der Waals surface area contributed by atoms with Gasteiger partial charge in [-0.3, -0.25) is 4.79 Å². The standard InChI is InChI=1S/C20H30N2O5S/c1-14(2)21-28(25,26)18-11-7-16(8-12-18)20(24)27-13-19(23)22(4)17-9-5-15(3)6-10-17/h7-8,11-12,14-15,17,21H,5-6,9-10,13H2,1-4H3. The van der Waals surface area contributed by atoms with E-state index in [1.165, 1.54) is 24.3 Å². The molecule has 1 aliphatic carbocycles. The van der Waals surface area contributed by atoms with Crippen molar-refractivity contribution in [3.8, 4) is 0 Å². The Hall–Kier alpha value is -1.93. The number of nitrogens with one attached hydrogen (secondary N) is 1. The SMILES string of the molecule is CC1CCC(N(C)C(=O)COC(=O)c2ccc(S(=O)(=O)NC(C)C)cc2)CC1. The fourth-order valence-electron chi connectivity index (χ4n) is 3.29. The molecule has 0 aromatic heterocycles. The predicted octanol–water partition coefficient (Wildman–Crippen LogP) is 2.57. The van der Waals surface area contributed by atoms with Gasteiger partial charge in [0.15, 0.2) is 6.61 Å². The summed E-state index contributed by atoms with van der Waals surface area (Å²) in [4.78, 5) is 26.2. The number of benzene rings is 1. The van der Waals surface area contributed by atoms with Crippen LogP contribution in [0.5, 0.6) is 0 Å². The molecule has 7 nitrogen and oxygen atoms in total. The number of amides is 1. The van der Waals surface area contributed by atoms with Crippen LogP contribution < -0.4 is 4.72 Å². The highest BCUT2D eigenvalue weighted by Gasteiger charge is 2.25. The van der Waals surface area contributed by atoms with Gasteiger partial charge in [0.2, 0.25) is 10.0 Å².